The summed E-state index contributed by atoms with van der Waals surface area (Å²) in [6, 6.07) is 12.2. The summed E-state index contributed by atoms with van der Waals surface area (Å²) >= 11 is 0. The van der Waals surface area contributed by atoms with E-state index in [1.165, 1.54) is 18.2 Å². The van der Waals surface area contributed by atoms with Gasteiger partial charge in [-0.25, -0.2) is 9.18 Å². The minimum atomic E-state index is -1.01. The lowest BCUT2D eigenvalue weighted by molar-refractivity contribution is 0.0696. The van der Waals surface area contributed by atoms with Gasteiger partial charge in [-0.3, -0.25) is 0 Å². The Balaban J connectivity index is 2.35. The van der Waals surface area contributed by atoms with Gasteiger partial charge in [-0.05, 0) is 36.4 Å². The van der Waals surface area contributed by atoms with Gasteiger partial charge in [0.1, 0.15) is 5.82 Å². The number of hydrogen-bond donors (Lipinski definition) is 1. The standard InChI is InChI=1S/C15H9FO2/c16-13-9-6-11(7-10-13)5-8-12-3-1-2-4-14(12)15(17)18/h1-4,6-7,9-10H,(H,17,18). The third-order valence-corrected chi connectivity index (χ3v) is 2.34. The monoisotopic (exact) mass is 240 g/mol. The van der Waals surface area contributed by atoms with Crippen LogP contribution in [0, 0.1) is 17.7 Å². The number of carboxylic acids is 1. The molecule has 0 radical (unpaired) electrons. The molecule has 0 fully saturated rings. The van der Waals surface area contributed by atoms with Crippen molar-refractivity contribution in [2.45, 2.75) is 0 Å². The zero-order valence-corrected chi connectivity index (χ0v) is 9.35. The molecule has 0 amide bonds. The van der Waals surface area contributed by atoms with Gasteiger partial charge in [0.2, 0.25) is 0 Å². The maximum absolute atomic E-state index is 12.7. The summed E-state index contributed by atoms with van der Waals surface area (Å²) < 4.78 is 12.7. The molecule has 1 N–H and O–H groups in total. The van der Waals surface area contributed by atoms with Crippen LogP contribution >= 0.6 is 0 Å². The van der Waals surface area contributed by atoms with Crippen molar-refractivity contribution in [3.63, 3.8) is 0 Å². The van der Waals surface area contributed by atoms with Crippen molar-refractivity contribution in [1.29, 1.82) is 0 Å². The molecular weight excluding hydrogens is 231 g/mol. The summed E-state index contributed by atoms with van der Waals surface area (Å²) in [6.07, 6.45) is 0. The lowest BCUT2D eigenvalue weighted by Gasteiger charge is -1.97. The summed E-state index contributed by atoms with van der Waals surface area (Å²) in [5.41, 5.74) is 1.23. The van der Waals surface area contributed by atoms with Gasteiger partial charge in [-0.1, -0.05) is 24.0 Å². The maximum atomic E-state index is 12.7. The van der Waals surface area contributed by atoms with E-state index in [1.807, 2.05) is 0 Å². The Kier molecular flexibility index (Phi) is 3.40. The predicted octanol–water partition coefficient (Wildman–Crippen LogP) is 2.92. The molecule has 0 aliphatic heterocycles. The molecule has 2 rings (SSSR count). The molecule has 2 aromatic rings. The SMILES string of the molecule is O=C(O)c1ccccc1C#Cc1ccc(F)cc1. The van der Waals surface area contributed by atoms with Gasteiger partial charge in [0.25, 0.3) is 0 Å². The van der Waals surface area contributed by atoms with Crippen LogP contribution in [-0.4, -0.2) is 11.1 Å². The third kappa shape index (κ3) is 2.74. The van der Waals surface area contributed by atoms with E-state index in [1.54, 1.807) is 30.3 Å². The van der Waals surface area contributed by atoms with Crippen molar-refractivity contribution < 1.29 is 14.3 Å². The molecule has 0 saturated carbocycles. The zero-order valence-electron chi connectivity index (χ0n) is 9.35. The van der Waals surface area contributed by atoms with Crippen LogP contribution in [0.15, 0.2) is 48.5 Å². The second-order valence-corrected chi connectivity index (χ2v) is 3.61. The molecule has 2 nitrogen and oxygen atoms in total. The summed E-state index contributed by atoms with van der Waals surface area (Å²) in [4.78, 5) is 11.0. The van der Waals surface area contributed by atoms with E-state index in [9.17, 15) is 9.18 Å². The lowest BCUT2D eigenvalue weighted by atomic mass is 10.1. The summed E-state index contributed by atoms with van der Waals surface area (Å²) in [7, 11) is 0. The highest BCUT2D eigenvalue weighted by molar-refractivity contribution is 5.90. The Hall–Kier alpha value is -2.60. The molecule has 88 valence electrons. The van der Waals surface area contributed by atoms with E-state index >= 15 is 0 Å². The molecule has 0 aliphatic rings. The minimum Gasteiger partial charge on any atom is -0.478 e. The second kappa shape index (κ2) is 5.15. The van der Waals surface area contributed by atoms with Gasteiger partial charge in [-0.2, -0.15) is 0 Å². The molecule has 0 heterocycles. The van der Waals surface area contributed by atoms with Crippen molar-refractivity contribution in [3.8, 4) is 11.8 Å². The van der Waals surface area contributed by atoms with Crippen LogP contribution in [0.5, 0.6) is 0 Å². The molecule has 0 saturated heterocycles. The van der Waals surface area contributed by atoms with Crippen molar-refractivity contribution in [2.24, 2.45) is 0 Å². The van der Waals surface area contributed by atoms with Gasteiger partial charge in [0.15, 0.2) is 0 Å². The van der Waals surface area contributed by atoms with Gasteiger partial charge >= 0.3 is 5.97 Å². The number of halogens is 1. The molecule has 0 aromatic heterocycles. The largest absolute Gasteiger partial charge is 0.478 e. The van der Waals surface area contributed by atoms with E-state index in [4.69, 9.17) is 5.11 Å². The number of benzene rings is 2. The Morgan fingerprint density at radius 2 is 1.67 bits per heavy atom. The first-order valence-electron chi connectivity index (χ1n) is 5.27. The summed E-state index contributed by atoms with van der Waals surface area (Å²) in [6.45, 7) is 0. The van der Waals surface area contributed by atoms with Gasteiger partial charge in [-0.15, -0.1) is 0 Å². The molecule has 0 bridgehead atoms. The van der Waals surface area contributed by atoms with Gasteiger partial charge < -0.3 is 5.11 Å². The minimum absolute atomic E-state index is 0.159. The average molecular weight is 240 g/mol. The third-order valence-electron chi connectivity index (χ3n) is 2.34. The molecular formula is C15H9FO2. The van der Waals surface area contributed by atoms with Crippen LogP contribution in [0.3, 0.4) is 0 Å². The van der Waals surface area contributed by atoms with Crippen molar-refractivity contribution in [3.05, 3.63) is 71.0 Å². The van der Waals surface area contributed by atoms with Crippen LogP contribution < -0.4 is 0 Å². The molecule has 18 heavy (non-hydrogen) atoms. The topological polar surface area (TPSA) is 37.3 Å². The second-order valence-electron chi connectivity index (χ2n) is 3.61. The smallest absolute Gasteiger partial charge is 0.336 e. The number of aromatic carboxylic acids is 1. The number of carbonyl (C=O) groups is 1. The molecule has 3 heteroatoms. The molecule has 0 atom stereocenters. The molecule has 0 aliphatic carbocycles. The first kappa shape index (κ1) is 11.9. The Morgan fingerprint density at radius 1 is 1.00 bits per heavy atom. The van der Waals surface area contributed by atoms with E-state index in [-0.39, 0.29) is 11.4 Å². The first-order chi connectivity index (χ1) is 8.66. The Bertz CT molecular complexity index is 634. The molecule has 2 aromatic carbocycles. The highest BCUT2D eigenvalue weighted by Crippen LogP contribution is 2.08. The van der Waals surface area contributed by atoms with Crippen molar-refractivity contribution in [2.75, 3.05) is 0 Å². The number of rotatable bonds is 1. The fraction of sp³-hybridized carbons (Fsp3) is 0. The van der Waals surface area contributed by atoms with Crippen LogP contribution in [-0.2, 0) is 0 Å². The predicted molar refractivity (Wildman–Crippen MR) is 65.8 cm³/mol. The quantitative estimate of drug-likeness (QED) is 0.778. The highest BCUT2D eigenvalue weighted by atomic mass is 19.1. The Labute approximate surface area is 104 Å². The van der Waals surface area contributed by atoms with E-state index < -0.39 is 5.97 Å². The number of carboxylic acid groups (broad SMARTS) is 1. The maximum Gasteiger partial charge on any atom is 0.336 e. The van der Waals surface area contributed by atoms with E-state index in [2.05, 4.69) is 11.8 Å². The van der Waals surface area contributed by atoms with Crippen molar-refractivity contribution in [1.82, 2.24) is 0 Å². The number of hydrogen-bond acceptors (Lipinski definition) is 1. The van der Waals surface area contributed by atoms with Crippen molar-refractivity contribution >= 4 is 5.97 Å². The molecule has 0 unspecified atom stereocenters. The lowest BCUT2D eigenvalue weighted by Crippen LogP contribution is -1.99. The van der Waals surface area contributed by atoms with E-state index in [0.29, 0.717) is 11.1 Å². The van der Waals surface area contributed by atoms with Gasteiger partial charge in [0.05, 0.1) is 5.56 Å². The zero-order chi connectivity index (χ0) is 13.0. The fourth-order valence-electron chi connectivity index (χ4n) is 1.45. The summed E-state index contributed by atoms with van der Waals surface area (Å²) in [5, 5.41) is 8.98. The van der Waals surface area contributed by atoms with Crippen LogP contribution in [0.1, 0.15) is 21.5 Å². The van der Waals surface area contributed by atoms with E-state index in [0.717, 1.165) is 0 Å². The normalized spacial score (nSPS) is 9.39. The first-order valence-corrected chi connectivity index (χ1v) is 5.27. The van der Waals surface area contributed by atoms with Gasteiger partial charge in [0, 0.05) is 11.1 Å². The molecule has 0 spiro atoms. The summed E-state index contributed by atoms with van der Waals surface area (Å²) in [5.74, 6) is 4.24. The van der Waals surface area contributed by atoms with Crippen LogP contribution in [0.4, 0.5) is 4.39 Å². The van der Waals surface area contributed by atoms with Crippen LogP contribution in [0.2, 0.25) is 0 Å². The fourth-order valence-corrected chi connectivity index (χ4v) is 1.45. The Morgan fingerprint density at radius 3 is 2.33 bits per heavy atom. The van der Waals surface area contributed by atoms with Crippen LogP contribution in [0.25, 0.3) is 0 Å². The average Bonchev–Trinajstić information content (AvgIpc) is 2.38. The highest BCUT2D eigenvalue weighted by Gasteiger charge is 2.05.